The van der Waals surface area contributed by atoms with E-state index in [-0.39, 0.29) is 16.6 Å². The van der Waals surface area contributed by atoms with Crippen LogP contribution in [0.1, 0.15) is 22.8 Å². The van der Waals surface area contributed by atoms with Crippen molar-refractivity contribution in [1.82, 2.24) is 4.98 Å². The minimum Gasteiger partial charge on any atom is -0.449 e. The SMILES string of the molecule is C[C@H](OC(=O)c1cccnc1Cl)C(=O)N1CCc2ccccc21. The van der Waals surface area contributed by atoms with Gasteiger partial charge in [0.25, 0.3) is 5.91 Å². The fourth-order valence-electron chi connectivity index (χ4n) is 2.60. The molecule has 0 aliphatic carbocycles. The van der Waals surface area contributed by atoms with E-state index in [1.165, 1.54) is 12.3 Å². The molecule has 0 bridgehead atoms. The van der Waals surface area contributed by atoms with E-state index in [1.807, 2.05) is 24.3 Å². The van der Waals surface area contributed by atoms with E-state index in [0.29, 0.717) is 6.54 Å². The molecule has 0 radical (unpaired) electrons. The van der Waals surface area contributed by atoms with Gasteiger partial charge in [0.15, 0.2) is 6.10 Å². The quantitative estimate of drug-likeness (QED) is 0.641. The Labute approximate surface area is 138 Å². The van der Waals surface area contributed by atoms with E-state index in [9.17, 15) is 9.59 Å². The smallest absolute Gasteiger partial charge is 0.342 e. The predicted octanol–water partition coefficient (Wildman–Crippen LogP) is 2.87. The maximum atomic E-state index is 12.6. The summed E-state index contributed by atoms with van der Waals surface area (Å²) in [5.74, 6) is -0.903. The summed E-state index contributed by atoms with van der Waals surface area (Å²) in [5, 5.41) is 0.0590. The van der Waals surface area contributed by atoms with Crippen molar-refractivity contribution in [3.05, 3.63) is 58.9 Å². The van der Waals surface area contributed by atoms with Gasteiger partial charge in [0, 0.05) is 18.4 Å². The molecule has 0 saturated carbocycles. The van der Waals surface area contributed by atoms with Crippen LogP contribution >= 0.6 is 11.6 Å². The third-order valence-electron chi connectivity index (χ3n) is 3.76. The van der Waals surface area contributed by atoms with Crippen LogP contribution in [0.3, 0.4) is 0 Å². The number of ether oxygens (including phenoxy) is 1. The molecule has 2 heterocycles. The molecule has 0 unspecified atom stereocenters. The predicted molar refractivity (Wildman–Crippen MR) is 86.6 cm³/mol. The van der Waals surface area contributed by atoms with Crippen molar-refractivity contribution in [2.45, 2.75) is 19.4 Å². The number of anilines is 1. The first kappa shape index (κ1) is 15.5. The zero-order chi connectivity index (χ0) is 16.4. The molecule has 118 valence electrons. The highest BCUT2D eigenvalue weighted by Gasteiger charge is 2.30. The van der Waals surface area contributed by atoms with Crippen molar-refractivity contribution in [3.63, 3.8) is 0 Å². The maximum Gasteiger partial charge on any atom is 0.342 e. The number of nitrogens with zero attached hydrogens (tertiary/aromatic N) is 2. The molecule has 2 aromatic rings. The van der Waals surface area contributed by atoms with Crippen LogP contribution < -0.4 is 4.90 Å². The Balaban J connectivity index is 1.72. The van der Waals surface area contributed by atoms with Gasteiger partial charge in [0.05, 0.1) is 5.56 Å². The zero-order valence-corrected chi connectivity index (χ0v) is 13.3. The molecule has 0 fully saturated rings. The largest absolute Gasteiger partial charge is 0.449 e. The normalized spacial score (nSPS) is 14.3. The molecule has 0 saturated heterocycles. The van der Waals surface area contributed by atoms with E-state index >= 15 is 0 Å². The van der Waals surface area contributed by atoms with Crippen molar-refractivity contribution in [3.8, 4) is 0 Å². The first-order valence-corrected chi connectivity index (χ1v) is 7.66. The van der Waals surface area contributed by atoms with Gasteiger partial charge in [0.2, 0.25) is 0 Å². The van der Waals surface area contributed by atoms with Gasteiger partial charge in [0.1, 0.15) is 5.15 Å². The second kappa shape index (κ2) is 6.38. The number of carbonyl (C=O) groups excluding carboxylic acids is 2. The Hall–Kier alpha value is -2.40. The van der Waals surface area contributed by atoms with E-state index in [1.54, 1.807) is 17.9 Å². The Morgan fingerprint density at radius 1 is 1.26 bits per heavy atom. The van der Waals surface area contributed by atoms with Crippen molar-refractivity contribution in [1.29, 1.82) is 0 Å². The van der Waals surface area contributed by atoms with Crippen molar-refractivity contribution < 1.29 is 14.3 Å². The number of benzene rings is 1. The summed E-state index contributed by atoms with van der Waals surface area (Å²) < 4.78 is 5.25. The molecule has 5 nitrogen and oxygen atoms in total. The van der Waals surface area contributed by atoms with Gasteiger partial charge in [-0.05, 0) is 37.1 Å². The van der Waals surface area contributed by atoms with Crippen molar-refractivity contribution in [2.24, 2.45) is 0 Å². The second-order valence-corrected chi connectivity index (χ2v) is 5.62. The molecule has 23 heavy (non-hydrogen) atoms. The lowest BCUT2D eigenvalue weighted by molar-refractivity contribution is -0.126. The number of hydrogen-bond donors (Lipinski definition) is 0. The Kier molecular flexibility index (Phi) is 4.30. The van der Waals surface area contributed by atoms with E-state index in [0.717, 1.165) is 17.7 Å². The minimum absolute atomic E-state index is 0.0590. The topological polar surface area (TPSA) is 59.5 Å². The fourth-order valence-corrected chi connectivity index (χ4v) is 2.80. The van der Waals surface area contributed by atoms with Crippen LogP contribution in [0.5, 0.6) is 0 Å². The highest BCUT2D eigenvalue weighted by atomic mass is 35.5. The Bertz CT molecular complexity index is 763. The highest BCUT2D eigenvalue weighted by molar-refractivity contribution is 6.32. The van der Waals surface area contributed by atoms with Crippen molar-refractivity contribution in [2.75, 3.05) is 11.4 Å². The summed E-state index contributed by atoms with van der Waals surface area (Å²) in [6, 6.07) is 10.8. The van der Waals surface area contributed by atoms with Crippen LogP contribution in [-0.4, -0.2) is 29.5 Å². The van der Waals surface area contributed by atoms with Crippen LogP contribution in [0, 0.1) is 0 Å². The number of aromatic nitrogens is 1. The van der Waals surface area contributed by atoms with Crippen LogP contribution in [0.15, 0.2) is 42.6 Å². The van der Waals surface area contributed by atoms with Gasteiger partial charge in [-0.2, -0.15) is 0 Å². The summed E-state index contributed by atoms with van der Waals surface area (Å²) in [4.78, 5) is 30.2. The summed E-state index contributed by atoms with van der Waals surface area (Å²) in [6.45, 7) is 2.15. The molecule has 1 aromatic carbocycles. The average Bonchev–Trinajstić information content (AvgIpc) is 2.98. The molecule has 1 aromatic heterocycles. The second-order valence-electron chi connectivity index (χ2n) is 5.26. The van der Waals surface area contributed by atoms with Gasteiger partial charge in [-0.1, -0.05) is 29.8 Å². The van der Waals surface area contributed by atoms with Gasteiger partial charge in [-0.3, -0.25) is 4.79 Å². The standard InChI is InChI=1S/C17H15ClN2O3/c1-11(23-17(22)13-6-4-9-19-15(13)18)16(21)20-10-8-12-5-2-3-7-14(12)20/h2-7,9,11H,8,10H2,1H3/t11-/m0/s1. The first-order chi connectivity index (χ1) is 11.1. The number of halogens is 1. The molecule has 0 N–H and O–H groups in total. The molecular formula is C17H15ClN2O3. The van der Waals surface area contributed by atoms with Gasteiger partial charge in [-0.25, -0.2) is 9.78 Å². The molecule has 1 aliphatic rings. The monoisotopic (exact) mass is 330 g/mol. The third-order valence-corrected chi connectivity index (χ3v) is 4.06. The van der Waals surface area contributed by atoms with E-state index in [2.05, 4.69) is 4.98 Å². The third kappa shape index (κ3) is 3.05. The molecule has 6 heteroatoms. The Morgan fingerprint density at radius 3 is 2.83 bits per heavy atom. The number of pyridine rings is 1. The number of para-hydroxylation sites is 1. The van der Waals surface area contributed by atoms with Gasteiger partial charge >= 0.3 is 5.97 Å². The lowest BCUT2D eigenvalue weighted by atomic mass is 10.2. The lowest BCUT2D eigenvalue weighted by Gasteiger charge is -2.21. The number of amides is 1. The number of hydrogen-bond acceptors (Lipinski definition) is 4. The Morgan fingerprint density at radius 2 is 2.04 bits per heavy atom. The summed E-state index contributed by atoms with van der Waals surface area (Å²) >= 11 is 5.87. The lowest BCUT2D eigenvalue weighted by Crippen LogP contribution is -2.39. The number of fused-ring (bicyclic) bond motifs is 1. The summed E-state index contributed by atoms with van der Waals surface area (Å²) in [6.07, 6.45) is 1.39. The number of esters is 1. The van der Waals surface area contributed by atoms with Crippen LogP contribution in [-0.2, 0) is 16.0 Å². The average molecular weight is 331 g/mol. The molecule has 1 amide bonds. The summed E-state index contributed by atoms with van der Waals surface area (Å²) in [7, 11) is 0. The zero-order valence-electron chi connectivity index (χ0n) is 12.5. The summed E-state index contributed by atoms with van der Waals surface area (Å²) in [5.41, 5.74) is 2.14. The number of rotatable bonds is 3. The minimum atomic E-state index is -0.898. The molecule has 1 aliphatic heterocycles. The maximum absolute atomic E-state index is 12.6. The molecule has 1 atom stereocenters. The molecule has 0 spiro atoms. The van der Waals surface area contributed by atoms with Crippen LogP contribution in [0.25, 0.3) is 0 Å². The van der Waals surface area contributed by atoms with E-state index in [4.69, 9.17) is 16.3 Å². The fraction of sp³-hybridized carbons (Fsp3) is 0.235. The van der Waals surface area contributed by atoms with Crippen molar-refractivity contribution >= 4 is 29.2 Å². The van der Waals surface area contributed by atoms with Gasteiger partial charge in [-0.15, -0.1) is 0 Å². The first-order valence-electron chi connectivity index (χ1n) is 7.28. The number of carbonyl (C=O) groups is 2. The van der Waals surface area contributed by atoms with Crippen LogP contribution in [0.2, 0.25) is 5.15 Å². The van der Waals surface area contributed by atoms with Crippen LogP contribution in [0.4, 0.5) is 5.69 Å². The van der Waals surface area contributed by atoms with Gasteiger partial charge < -0.3 is 9.64 Å². The highest BCUT2D eigenvalue weighted by Crippen LogP contribution is 2.28. The van der Waals surface area contributed by atoms with E-state index < -0.39 is 12.1 Å². The molecule has 3 rings (SSSR count). The molecular weight excluding hydrogens is 316 g/mol.